The van der Waals surface area contributed by atoms with Crippen molar-refractivity contribution in [1.29, 1.82) is 0 Å². The van der Waals surface area contributed by atoms with Crippen molar-refractivity contribution in [3.05, 3.63) is 53.4 Å². The summed E-state index contributed by atoms with van der Waals surface area (Å²) in [6.45, 7) is 0. The van der Waals surface area contributed by atoms with E-state index in [2.05, 4.69) is 5.32 Å². The topological polar surface area (TPSA) is 93.3 Å². The smallest absolute Gasteiger partial charge is 0.323 e. The molecule has 134 valence electrons. The van der Waals surface area contributed by atoms with E-state index < -0.39 is 52.1 Å². The highest BCUT2D eigenvalue weighted by molar-refractivity contribution is 7.80. The summed E-state index contributed by atoms with van der Waals surface area (Å²) in [6, 6.07) is 3.69. The summed E-state index contributed by atoms with van der Waals surface area (Å²) in [5.74, 6) is -11.1. The van der Waals surface area contributed by atoms with Gasteiger partial charge < -0.3 is 19.9 Å². The van der Waals surface area contributed by atoms with Crippen LogP contribution in [0.15, 0.2) is 24.3 Å². The van der Waals surface area contributed by atoms with Crippen molar-refractivity contribution in [2.75, 3.05) is 15.4 Å². The van der Waals surface area contributed by atoms with Gasteiger partial charge in [0.05, 0.1) is 0 Å². The van der Waals surface area contributed by atoms with E-state index in [4.69, 9.17) is 0 Å². The van der Waals surface area contributed by atoms with Gasteiger partial charge in [-0.25, -0.2) is 26.7 Å². The minimum Gasteiger partial charge on any atom is -0.755 e. The fourth-order valence-corrected chi connectivity index (χ4v) is 2.04. The number of carbonyl (C=O) groups excluding carboxylic acids is 1. The van der Waals surface area contributed by atoms with Gasteiger partial charge in [-0.1, -0.05) is 0 Å². The van der Waals surface area contributed by atoms with Gasteiger partial charge in [-0.2, -0.15) is 0 Å². The van der Waals surface area contributed by atoms with E-state index in [0.29, 0.717) is 0 Å². The Morgan fingerprint density at radius 2 is 1.24 bits per heavy atom. The Bertz CT molecular complexity index is 819. The Kier molecular flexibility index (Phi) is 5.54. The second kappa shape index (κ2) is 7.44. The Balaban J connectivity index is 2.14. The van der Waals surface area contributed by atoms with E-state index >= 15 is 0 Å². The third-order valence-electron chi connectivity index (χ3n) is 2.79. The second-order valence-corrected chi connectivity index (χ2v) is 5.11. The van der Waals surface area contributed by atoms with Crippen LogP contribution in [-0.2, 0) is 11.3 Å². The molecule has 0 aromatic heterocycles. The third kappa shape index (κ3) is 4.22. The van der Waals surface area contributed by atoms with Gasteiger partial charge in [0.2, 0.25) is 5.82 Å². The van der Waals surface area contributed by atoms with Gasteiger partial charge >= 0.3 is 6.03 Å². The Labute approximate surface area is 139 Å². The molecule has 12 heteroatoms. The Morgan fingerprint density at radius 3 is 1.72 bits per heavy atom. The first-order chi connectivity index (χ1) is 11.7. The van der Waals surface area contributed by atoms with Crippen LogP contribution in [0.25, 0.3) is 0 Å². The number of halogens is 5. The molecule has 6 nitrogen and oxygen atoms in total. The van der Waals surface area contributed by atoms with Crippen LogP contribution >= 0.6 is 0 Å². The maximum atomic E-state index is 13.4. The fourth-order valence-electron chi connectivity index (χ4n) is 1.71. The van der Waals surface area contributed by atoms with E-state index in [1.165, 1.54) is 29.6 Å². The molecule has 0 aliphatic heterocycles. The van der Waals surface area contributed by atoms with Gasteiger partial charge in [0, 0.05) is 22.6 Å². The molecule has 2 aromatic carbocycles. The lowest BCUT2D eigenvalue weighted by Crippen LogP contribution is -2.22. The normalized spacial score (nSPS) is 11.8. The molecule has 0 saturated heterocycles. The van der Waals surface area contributed by atoms with E-state index in [-0.39, 0.29) is 11.4 Å². The molecular formula is C13H7F5N3O3S-. The predicted molar refractivity (Wildman–Crippen MR) is 77.9 cm³/mol. The average Bonchev–Trinajstić information content (AvgIpc) is 2.56. The van der Waals surface area contributed by atoms with Crippen molar-refractivity contribution in [2.24, 2.45) is 0 Å². The number of urea groups is 1. The lowest BCUT2D eigenvalue weighted by Gasteiger charge is -2.12. The SMILES string of the molecule is O=C(Nc1ccc(NS(=O)[O-])cc1)Nc1c(F)c(F)c(F)c(F)c1F. The first-order valence-electron chi connectivity index (χ1n) is 6.26. The summed E-state index contributed by atoms with van der Waals surface area (Å²) in [5.41, 5.74) is -1.28. The molecule has 2 aromatic rings. The van der Waals surface area contributed by atoms with E-state index in [9.17, 15) is 35.5 Å². The van der Waals surface area contributed by atoms with Crippen molar-refractivity contribution in [3.63, 3.8) is 0 Å². The molecule has 0 bridgehead atoms. The Hall–Kier alpha value is -2.73. The highest BCUT2D eigenvalue weighted by Crippen LogP contribution is 2.27. The van der Waals surface area contributed by atoms with Crippen molar-refractivity contribution < 1.29 is 35.5 Å². The zero-order valence-electron chi connectivity index (χ0n) is 11.8. The number of hydrogen-bond acceptors (Lipinski definition) is 3. The summed E-state index contributed by atoms with van der Waals surface area (Å²) in [5, 5.41) is 3.60. The summed E-state index contributed by atoms with van der Waals surface area (Å²) in [6.07, 6.45) is 0. The summed E-state index contributed by atoms with van der Waals surface area (Å²) < 4.78 is 88.8. The average molecular weight is 380 g/mol. The summed E-state index contributed by atoms with van der Waals surface area (Å²) >= 11 is -2.56. The van der Waals surface area contributed by atoms with E-state index in [1.54, 1.807) is 0 Å². The number of amides is 2. The number of carbonyl (C=O) groups is 1. The van der Waals surface area contributed by atoms with Gasteiger partial charge in [-0.15, -0.1) is 0 Å². The first kappa shape index (κ1) is 18.6. The minimum atomic E-state index is -2.56. The third-order valence-corrected chi connectivity index (χ3v) is 3.19. The number of hydrogen-bond donors (Lipinski definition) is 3. The second-order valence-electron chi connectivity index (χ2n) is 4.44. The van der Waals surface area contributed by atoms with Crippen molar-refractivity contribution >= 4 is 34.4 Å². The van der Waals surface area contributed by atoms with Gasteiger partial charge in [0.25, 0.3) is 0 Å². The zero-order valence-corrected chi connectivity index (χ0v) is 12.6. The lowest BCUT2D eigenvalue weighted by atomic mass is 10.2. The minimum absolute atomic E-state index is 0.0589. The molecule has 2 amide bonds. The van der Waals surface area contributed by atoms with Gasteiger partial charge in [-0.05, 0) is 24.3 Å². The standard InChI is InChI=1S/C13H8F5N3O3S/c14-7-8(15)10(17)12(11(18)9(7)16)20-13(22)19-5-1-3-6(4-2-5)21-25(23)24/h1-4,21H,(H,23,24)(H2,19,20,22)/p-1. The number of benzene rings is 2. The number of anilines is 3. The molecule has 0 aliphatic carbocycles. The van der Waals surface area contributed by atoms with Crippen LogP contribution in [0.3, 0.4) is 0 Å². The molecular weight excluding hydrogens is 373 g/mol. The van der Waals surface area contributed by atoms with Crippen LogP contribution in [0, 0.1) is 29.1 Å². The maximum absolute atomic E-state index is 13.4. The first-order valence-corrected chi connectivity index (χ1v) is 7.33. The molecule has 0 radical (unpaired) electrons. The molecule has 2 rings (SSSR count). The summed E-state index contributed by atoms with van der Waals surface area (Å²) in [7, 11) is 0. The van der Waals surface area contributed by atoms with Crippen LogP contribution in [-0.4, -0.2) is 14.8 Å². The summed E-state index contributed by atoms with van der Waals surface area (Å²) in [4.78, 5) is 11.6. The molecule has 0 spiro atoms. The largest absolute Gasteiger partial charge is 0.755 e. The van der Waals surface area contributed by atoms with Crippen molar-refractivity contribution in [3.8, 4) is 0 Å². The zero-order chi connectivity index (χ0) is 18.7. The maximum Gasteiger partial charge on any atom is 0.323 e. The molecule has 0 aliphatic rings. The van der Waals surface area contributed by atoms with E-state index in [1.807, 2.05) is 4.72 Å². The Morgan fingerprint density at radius 1 is 0.800 bits per heavy atom. The monoisotopic (exact) mass is 380 g/mol. The molecule has 0 fully saturated rings. The van der Waals surface area contributed by atoms with Crippen molar-refractivity contribution in [2.45, 2.75) is 0 Å². The van der Waals surface area contributed by atoms with Gasteiger partial charge in [0.15, 0.2) is 23.3 Å². The quantitative estimate of drug-likeness (QED) is 0.329. The van der Waals surface area contributed by atoms with Crippen LogP contribution in [0.4, 0.5) is 43.8 Å². The van der Waals surface area contributed by atoms with Crippen LogP contribution < -0.4 is 15.4 Å². The fraction of sp³-hybridized carbons (Fsp3) is 0. The van der Waals surface area contributed by atoms with Gasteiger partial charge in [-0.3, -0.25) is 4.21 Å². The number of rotatable bonds is 4. The molecule has 0 heterocycles. The molecule has 1 unspecified atom stereocenters. The van der Waals surface area contributed by atoms with Crippen molar-refractivity contribution in [1.82, 2.24) is 0 Å². The van der Waals surface area contributed by atoms with Crippen LogP contribution in [0.1, 0.15) is 0 Å². The molecule has 25 heavy (non-hydrogen) atoms. The molecule has 1 atom stereocenters. The lowest BCUT2D eigenvalue weighted by molar-refractivity contribution is 0.261. The molecule has 0 saturated carbocycles. The van der Waals surface area contributed by atoms with E-state index in [0.717, 1.165) is 0 Å². The molecule has 3 N–H and O–H groups in total. The van der Waals surface area contributed by atoms with Gasteiger partial charge in [0.1, 0.15) is 5.69 Å². The number of nitrogens with one attached hydrogen (secondary N) is 3. The van der Waals surface area contributed by atoms with Crippen LogP contribution in [0.5, 0.6) is 0 Å². The highest BCUT2D eigenvalue weighted by atomic mass is 32.2. The predicted octanol–water partition coefficient (Wildman–Crippen LogP) is 3.23. The van der Waals surface area contributed by atoms with Crippen LogP contribution in [0.2, 0.25) is 0 Å². The highest BCUT2D eigenvalue weighted by Gasteiger charge is 2.26.